The normalized spacial score (nSPS) is 24.2. The Labute approximate surface area is 184 Å². The minimum Gasteiger partial charge on any atom is -0.465 e. The third-order valence-corrected chi connectivity index (χ3v) is 7.33. The quantitative estimate of drug-likeness (QED) is 0.610. The number of nitrogens with one attached hydrogen (secondary N) is 1. The van der Waals surface area contributed by atoms with E-state index in [4.69, 9.17) is 0 Å². The van der Waals surface area contributed by atoms with Gasteiger partial charge in [0.05, 0.1) is 16.0 Å². The summed E-state index contributed by atoms with van der Waals surface area (Å²) >= 11 is 0. The molecule has 7 nitrogen and oxygen atoms in total. The Morgan fingerprint density at radius 1 is 0.909 bits per heavy atom. The van der Waals surface area contributed by atoms with Crippen LogP contribution in [0.5, 0.6) is 0 Å². The van der Waals surface area contributed by atoms with E-state index in [9.17, 15) is 49.5 Å². The summed E-state index contributed by atoms with van der Waals surface area (Å²) < 4.78 is 105. The van der Waals surface area contributed by atoms with Crippen molar-refractivity contribution in [3.05, 3.63) is 29.3 Å². The summed E-state index contributed by atoms with van der Waals surface area (Å²) in [4.78, 5) is 24.0. The molecule has 1 saturated heterocycles. The number of rotatable bonds is 3. The van der Waals surface area contributed by atoms with E-state index in [1.807, 2.05) is 0 Å². The van der Waals surface area contributed by atoms with Gasteiger partial charge in [-0.05, 0) is 42.9 Å². The second-order valence-electron chi connectivity index (χ2n) is 8.23. The van der Waals surface area contributed by atoms with Gasteiger partial charge in [-0.1, -0.05) is 12.8 Å². The van der Waals surface area contributed by atoms with E-state index in [1.165, 1.54) is 0 Å². The zero-order valence-corrected chi connectivity index (χ0v) is 17.7. The third kappa shape index (κ3) is 5.53. The molecule has 2 amide bonds. The van der Waals surface area contributed by atoms with Crippen molar-refractivity contribution in [2.45, 2.75) is 42.9 Å². The highest BCUT2D eigenvalue weighted by Crippen LogP contribution is 2.40. The van der Waals surface area contributed by atoms with E-state index in [0.717, 1.165) is 4.90 Å². The van der Waals surface area contributed by atoms with Gasteiger partial charge < -0.3 is 10.0 Å². The number of likely N-dealkylation sites (tertiary alicyclic amines) is 1. The molecule has 2 atom stereocenters. The van der Waals surface area contributed by atoms with Crippen molar-refractivity contribution in [2.24, 2.45) is 17.8 Å². The summed E-state index contributed by atoms with van der Waals surface area (Å²) in [5, 5.41) is 9.27. The van der Waals surface area contributed by atoms with Crippen molar-refractivity contribution in [1.29, 1.82) is 0 Å². The molecule has 0 spiro atoms. The molecule has 2 fully saturated rings. The average Bonchev–Trinajstić information content (AvgIpc) is 2.81. The second-order valence-corrected chi connectivity index (χ2v) is 9.91. The number of hydrogen-bond acceptors (Lipinski definition) is 4. The molecule has 0 aromatic heterocycles. The van der Waals surface area contributed by atoms with Crippen LogP contribution >= 0.6 is 0 Å². The summed E-state index contributed by atoms with van der Waals surface area (Å²) in [6, 6.07) is -0.146. The molecule has 1 aliphatic heterocycles. The highest BCUT2D eigenvalue weighted by Gasteiger charge is 2.45. The van der Waals surface area contributed by atoms with Gasteiger partial charge in [-0.15, -0.1) is 0 Å². The number of fused-ring (bicyclic) bond motifs is 2. The summed E-state index contributed by atoms with van der Waals surface area (Å²) in [7, 11) is -5.08. The fraction of sp³-hybridized carbons (Fsp3) is 0.579. The zero-order chi connectivity index (χ0) is 24.8. The van der Waals surface area contributed by atoms with Crippen LogP contribution in [0, 0.1) is 17.8 Å². The standard InChI is InChI=1S/C19H20F6N2O5S/c20-18(21,22)12-5-13(19(23,24)25)7-14(6-12)33(31,32)26-16(28)15-10-3-1-2-4-11(15)9-27(8-10)17(29)30/h5-7,10-11,15H,1-4,8-9H2,(H,26,28)(H,29,30). The van der Waals surface area contributed by atoms with Crippen molar-refractivity contribution in [1.82, 2.24) is 9.62 Å². The Hall–Kier alpha value is -2.51. The molecule has 2 bridgehead atoms. The van der Waals surface area contributed by atoms with Crippen LogP contribution in [0.25, 0.3) is 0 Å². The minimum atomic E-state index is -5.26. The highest BCUT2D eigenvalue weighted by molar-refractivity contribution is 7.90. The highest BCUT2D eigenvalue weighted by atomic mass is 32.2. The lowest BCUT2D eigenvalue weighted by Crippen LogP contribution is -2.53. The van der Waals surface area contributed by atoms with Gasteiger partial charge in [0, 0.05) is 19.0 Å². The maximum absolute atomic E-state index is 13.1. The molecule has 1 aromatic rings. The lowest BCUT2D eigenvalue weighted by atomic mass is 9.76. The van der Waals surface area contributed by atoms with Gasteiger partial charge >= 0.3 is 18.4 Å². The molecule has 33 heavy (non-hydrogen) atoms. The summed E-state index contributed by atoms with van der Waals surface area (Å²) in [6.07, 6.45) is -9.49. The topological polar surface area (TPSA) is 104 Å². The summed E-state index contributed by atoms with van der Waals surface area (Å²) in [6.45, 7) is -0.0442. The number of carboxylic acid groups (broad SMARTS) is 1. The van der Waals surface area contributed by atoms with Crippen molar-refractivity contribution in [3.63, 3.8) is 0 Å². The molecule has 1 aliphatic carbocycles. The lowest BCUT2D eigenvalue weighted by molar-refractivity contribution is -0.143. The predicted octanol–water partition coefficient (Wildman–Crippen LogP) is 3.95. The van der Waals surface area contributed by atoms with Crippen molar-refractivity contribution < 1.29 is 49.5 Å². The number of hydrogen-bond donors (Lipinski definition) is 2. The van der Waals surface area contributed by atoms with E-state index >= 15 is 0 Å². The minimum absolute atomic E-state index is 0.0221. The van der Waals surface area contributed by atoms with Crippen LogP contribution in [-0.2, 0) is 27.2 Å². The number of carbonyl (C=O) groups excluding carboxylic acids is 1. The maximum atomic E-state index is 13.1. The molecule has 184 valence electrons. The van der Waals surface area contributed by atoms with Gasteiger partial charge in [0.25, 0.3) is 10.0 Å². The van der Waals surface area contributed by atoms with Crippen LogP contribution < -0.4 is 4.72 Å². The van der Waals surface area contributed by atoms with E-state index in [1.54, 1.807) is 4.72 Å². The fourth-order valence-electron chi connectivity index (χ4n) is 4.53. The Morgan fingerprint density at radius 2 is 1.36 bits per heavy atom. The smallest absolute Gasteiger partial charge is 0.416 e. The first kappa shape index (κ1) is 25.1. The van der Waals surface area contributed by atoms with Gasteiger partial charge in [0.15, 0.2) is 0 Å². The molecule has 14 heteroatoms. The van der Waals surface area contributed by atoms with E-state index in [-0.39, 0.29) is 31.3 Å². The number of piperidine rings is 1. The van der Waals surface area contributed by atoms with Crippen molar-refractivity contribution in [2.75, 3.05) is 13.1 Å². The summed E-state index contributed by atoms with van der Waals surface area (Å²) in [5.41, 5.74) is -3.65. The molecular weight excluding hydrogens is 482 g/mol. The van der Waals surface area contributed by atoms with Crippen molar-refractivity contribution in [3.8, 4) is 0 Å². The van der Waals surface area contributed by atoms with E-state index < -0.39 is 68.2 Å². The Kier molecular flexibility index (Phi) is 6.61. The van der Waals surface area contributed by atoms with Gasteiger partial charge in [-0.2, -0.15) is 26.3 Å². The van der Waals surface area contributed by atoms with E-state index in [2.05, 4.69) is 0 Å². The van der Waals surface area contributed by atoms with Crippen LogP contribution in [0.1, 0.15) is 36.8 Å². The molecule has 3 rings (SSSR count). The lowest BCUT2D eigenvalue weighted by Gasteiger charge is -2.40. The van der Waals surface area contributed by atoms with Crippen LogP contribution in [0.3, 0.4) is 0 Å². The number of alkyl halides is 6. The number of halogens is 6. The number of benzene rings is 1. The van der Waals surface area contributed by atoms with Crippen LogP contribution in [0.2, 0.25) is 0 Å². The van der Waals surface area contributed by atoms with Crippen LogP contribution in [0.4, 0.5) is 31.1 Å². The Bertz CT molecular complexity index is 992. The zero-order valence-electron chi connectivity index (χ0n) is 16.9. The van der Waals surface area contributed by atoms with Gasteiger partial charge in [-0.25, -0.2) is 17.9 Å². The first-order chi connectivity index (χ1) is 15.1. The molecule has 1 heterocycles. The SMILES string of the molecule is O=C(NS(=O)(=O)c1cc(C(F)(F)F)cc(C(F)(F)F)c1)C1C2CCCCC1CN(C(=O)O)C2. The molecule has 1 saturated carbocycles. The fourth-order valence-corrected chi connectivity index (χ4v) is 5.62. The number of sulfonamides is 1. The van der Waals surface area contributed by atoms with Crippen molar-refractivity contribution >= 4 is 22.0 Å². The maximum Gasteiger partial charge on any atom is 0.416 e. The van der Waals surface area contributed by atoms with E-state index in [0.29, 0.717) is 25.7 Å². The Morgan fingerprint density at radius 3 is 1.76 bits per heavy atom. The van der Waals surface area contributed by atoms with Gasteiger partial charge in [-0.3, -0.25) is 4.79 Å². The predicted molar refractivity (Wildman–Crippen MR) is 100 cm³/mol. The number of carbonyl (C=O) groups is 2. The molecule has 2 unspecified atom stereocenters. The summed E-state index contributed by atoms with van der Waals surface area (Å²) in [5.74, 6) is -3.05. The Balaban J connectivity index is 1.93. The van der Waals surface area contributed by atoms with Crippen LogP contribution in [-0.4, -0.2) is 43.5 Å². The van der Waals surface area contributed by atoms with Gasteiger partial charge in [0.2, 0.25) is 5.91 Å². The number of amides is 2. The molecule has 1 aromatic carbocycles. The molecular formula is C19H20F6N2O5S. The monoisotopic (exact) mass is 502 g/mol. The molecule has 2 aliphatic rings. The largest absolute Gasteiger partial charge is 0.465 e. The van der Waals surface area contributed by atoms with Gasteiger partial charge in [0.1, 0.15) is 0 Å². The van der Waals surface area contributed by atoms with Crippen LogP contribution in [0.15, 0.2) is 23.1 Å². The number of nitrogens with zero attached hydrogens (tertiary/aromatic N) is 1. The average molecular weight is 502 g/mol. The molecule has 0 radical (unpaired) electrons. The third-order valence-electron chi connectivity index (χ3n) is 6.01. The first-order valence-corrected chi connectivity index (χ1v) is 11.4. The first-order valence-electron chi connectivity index (χ1n) is 9.93. The molecule has 2 N–H and O–H groups in total. The second kappa shape index (κ2) is 8.69.